The van der Waals surface area contributed by atoms with Crippen LogP contribution in [0, 0.1) is 0 Å². The van der Waals surface area contributed by atoms with Gasteiger partial charge in [0.15, 0.2) is 0 Å². The molecule has 2 aliphatic rings. The lowest BCUT2D eigenvalue weighted by Crippen LogP contribution is -2.44. The molecule has 9 heteroatoms. The molecule has 1 unspecified atom stereocenters. The van der Waals surface area contributed by atoms with Gasteiger partial charge in [0.25, 0.3) is 5.91 Å². The van der Waals surface area contributed by atoms with E-state index in [0.717, 1.165) is 29.7 Å². The highest BCUT2D eigenvalue weighted by Gasteiger charge is 2.29. The topological polar surface area (TPSA) is 96.5 Å². The van der Waals surface area contributed by atoms with E-state index in [1.807, 2.05) is 18.2 Å². The zero-order valence-electron chi connectivity index (χ0n) is 15.6. The van der Waals surface area contributed by atoms with Crippen LogP contribution in [-0.2, 0) is 9.53 Å². The summed E-state index contributed by atoms with van der Waals surface area (Å²) in [5, 5.41) is 5.92. The van der Waals surface area contributed by atoms with Gasteiger partial charge < -0.3 is 20.3 Å². The number of rotatable bonds is 4. The highest BCUT2D eigenvalue weighted by Crippen LogP contribution is 2.30. The van der Waals surface area contributed by atoms with Crippen LogP contribution in [0.15, 0.2) is 36.0 Å². The van der Waals surface area contributed by atoms with Crippen molar-refractivity contribution in [1.29, 1.82) is 0 Å². The molecule has 3 aromatic rings. The Labute approximate surface area is 170 Å². The largest absolute Gasteiger partial charge is 0.376 e. The van der Waals surface area contributed by atoms with Crippen LogP contribution in [0.25, 0.3) is 10.2 Å². The SMILES string of the molecule is O=C(Nc1ccc2ncsc2c1)c1cnc2c(c1)N(CC1CCCO1)C(=O)CN2. The van der Waals surface area contributed by atoms with Crippen molar-refractivity contribution in [1.82, 2.24) is 9.97 Å². The van der Waals surface area contributed by atoms with Gasteiger partial charge in [-0.2, -0.15) is 0 Å². The number of fused-ring (bicyclic) bond motifs is 2. The van der Waals surface area contributed by atoms with Crippen LogP contribution in [0.5, 0.6) is 0 Å². The van der Waals surface area contributed by atoms with Crippen molar-refractivity contribution in [3.8, 4) is 0 Å². The number of benzene rings is 1. The lowest BCUT2D eigenvalue weighted by molar-refractivity contribution is -0.117. The fourth-order valence-corrected chi connectivity index (χ4v) is 4.35. The maximum absolute atomic E-state index is 12.8. The average molecular weight is 409 g/mol. The Balaban J connectivity index is 1.39. The number of amides is 2. The first-order chi connectivity index (χ1) is 14.2. The first-order valence-electron chi connectivity index (χ1n) is 9.48. The Hall–Kier alpha value is -3.04. The second-order valence-electron chi connectivity index (χ2n) is 7.07. The van der Waals surface area contributed by atoms with Gasteiger partial charge in [-0.3, -0.25) is 9.59 Å². The predicted octanol–water partition coefficient (Wildman–Crippen LogP) is 2.88. The molecule has 1 atom stereocenters. The van der Waals surface area contributed by atoms with Gasteiger partial charge in [-0.15, -0.1) is 11.3 Å². The molecule has 5 rings (SSSR count). The predicted molar refractivity (Wildman–Crippen MR) is 112 cm³/mol. The summed E-state index contributed by atoms with van der Waals surface area (Å²) in [5.41, 5.74) is 4.37. The van der Waals surface area contributed by atoms with Gasteiger partial charge in [-0.25, -0.2) is 9.97 Å². The molecule has 2 aromatic heterocycles. The third-order valence-electron chi connectivity index (χ3n) is 5.13. The van der Waals surface area contributed by atoms with Crippen LogP contribution in [-0.4, -0.2) is 47.6 Å². The van der Waals surface area contributed by atoms with Crippen LogP contribution in [0.1, 0.15) is 23.2 Å². The van der Waals surface area contributed by atoms with Gasteiger partial charge in [0.2, 0.25) is 5.91 Å². The summed E-state index contributed by atoms with van der Waals surface area (Å²) < 4.78 is 6.69. The monoisotopic (exact) mass is 409 g/mol. The van der Waals surface area contributed by atoms with E-state index in [9.17, 15) is 9.59 Å². The van der Waals surface area contributed by atoms with Crippen molar-refractivity contribution >= 4 is 50.6 Å². The third kappa shape index (κ3) is 3.54. The quantitative estimate of drug-likeness (QED) is 0.688. The lowest BCUT2D eigenvalue weighted by atomic mass is 10.1. The van der Waals surface area contributed by atoms with Gasteiger partial charge in [-0.1, -0.05) is 0 Å². The standard InChI is InChI=1S/C20H19N5O3S/c26-18-9-22-19-16(25(18)10-14-2-1-5-28-14)6-12(8-21-19)20(27)24-13-3-4-15-17(7-13)29-11-23-15/h3-4,6-8,11,14H,1-2,5,9-10H2,(H,21,22)(H,24,27). The number of anilines is 3. The summed E-state index contributed by atoms with van der Waals surface area (Å²) in [4.78, 5) is 35.6. The molecule has 1 fully saturated rings. The molecule has 148 valence electrons. The smallest absolute Gasteiger partial charge is 0.257 e. The molecular weight excluding hydrogens is 390 g/mol. The first kappa shape index (κ1) is 18.0. The summed E-state index contributed by atoms with van der Waals surface area (Å²) in [6, 6.07) is 7.30. The van der Waals surface area contributed by atoms with E-state index in [-0.39, 0.29) is 24.5 Å². The van der Waals surface area contributed by atoms with Crippen LogP contribution >= 0.6 is 11.3 Å². The maximum Gasteiger partial charge on any atom is 0.257 e. The van der Waals surface area contributed by atoms with Crippen molar-refractivity contribution in [2.45, 2.75) is 18.9 Å². The molecule has 4 heterocycles. The van der Waals surface area contributed by atoms with E-state index in [0.29, 0.717) is 29.3 Å². The van der Waals surface area contributed by atoms with Crippen molar-refractivity contribution in [2.75, 3.05) is 35.2 Å². The number of nitrogens with one attached hydrogen (secondary N) is 2. The van der Waals surface area contributed by atoms with Crippen molar-refractivity contribution < 1.29 is 14.3 Å². The lowest BCUT2D eigenvalue weighted by Gasteiger charge is -2.31. The normalized spacial score (nSPS) is 18.6. The Kier molecular flexibility index (Phi) is 4.61. The molecule has 1 saturated heterocycles. The molecule has 1 aromatic carbocycles. The van der Waals surface area contributed by atoms with E-state index in [2.05, 4.69) is 20.6 Å². The number of ether oxygens (including phenoxy) is 1. The van der Waals surface area contributed by atoms with Crippen molar-refractivity contribution in [3.05, 3.63) is 41.5 Å². The van der Waals surface area contributed by atoms with Gasteiger partial charge >= 0.3 is 0 Å². The van der Waals surface area contributed by atoms with Crippen LogP contribution in [0.2, 0.25) is 0 Å². The van der Waals surface area contributed by atoms with Crippen LogP contribution in [0.3, 0.4) is 0 Å². The summed E-state index contributed by atoms with van der Waals surface area (Å²) in [7, 11) is 0. The zero-order valence-corrected chi connectivity index (χ0v) is 16.4. The summed E-state index contributed by atoms with van der Waals surface area (Å²) in [6.07, 6.45) is 3.48. The van der Waals surface area contributed by atoms with Crippen LogP contribution < -0.4 is 15.5 Å². The zero-order chi connectivity index (χ0) is 19.8. The summed E-state index contributed by atoms with van der Waals surface area (Å²) in [5.74, 6) is 0.271. The number of nitrogens with zero attached hydrogens (tertiary/aromatic N) is 3. The Morgan fingerprint density at radius 3 is 3.14 bits per heavy atom. The molecule has 2 N–H and O–H groups in total. The fraction of sp³-hybridized carbons (Fsp3) is 0.300. The number of pyridine rings is 1. The summed E-state index contributed by atoms with van der Waals surface area (Å²) in [6.45, 7) is 1.39. The van der Waals surface area contributed by atoms with E-state index >= 15 is 0 Å². The second-order valence-corrected chi connectivity index (χ2v) is 7.96. The molecule has 0 radical (unpaired) electrons. The molecule has 2 aliphatic heterocycles. The second kappa shape index (κ2) is 7.41. The minimum absolute atomic E-state index is 0.0218. The molecule has 8 nitrogen and oxygen atoms in total. The van der Waals surface area contributed by atoms with E-state index < -0.39 is 0 Å². The van der Waals surface area contributed by atoms with Crippen molar-refractivity contribution in [3.63, 3.8) is 0 Å². The molecule has 0 aliphatic carbocycles. The Morgan fingerprint density at radius 2 is 2.28 bits per heavy atom. The van der Waals surface area contributed by atoms with Crippen molar-refractivity contribution in [2.24, 2.45) is 0 Å². The Morgan fingerprint density at radius 1 is 1.34 bits per heavy atom. The minimum atomic E-state index is -0.278. The van der Waals surface area contributed by atoms with E-state index in [4.69, 9.17) is 4.74 Å². The highest BCUT2D eigenvalue weighted by molar-refractivity contribution is 7.16. The maximum atomic E-state index is 12.8. The number of thiazole rings is 1. The summed E-state index contributed by atoms with van der Waals surface area (Å²) >= 11 is 1.52. The Bertz CT molecular complexity index is 1090. The first-order valence-corrected chi connectivity index (χ1v) is 10.4. The molecule has 2 amide bonds. The number of hydrogen-bond acceptors (Lipinski definition) is 7. The molecule has 0 saturated carbocycles. The van der Waals surface area contributed by atoms with Gasteiger partial charge in [0.1, 0.15) is 5.82 Å². The molecular formula is C20H19N5O3S. The molecule has 29 heavy (non-hydrogen) atoms. The third-order valence-corrected chi connectivity index (χ3v) is 5.92. The number of hydrogen-bond donors (Lipinski definition) is 2. The highest BCUT2D eigenvalue weighted by atomic mass is 32.1. The van der Waals surface area contributed by atoms with E-state index in [1.54, 1.807) is 16.5 Å². The van der Waals surface area contributed by atoms with E-state index in [1.165, 1.54) is 17.5 Å². The van der Waals surface area contributed by atoms with Gasteiger partial charge in [-0.05, 0) is 37.1 Å². The molecule has 0 spiro atoms. The fourth-order valence-electron chi connectivity index (χ4n) is 3.64. The number of carbonyl (C=O) groups is 2. The molecule has 0 bridgehead atoms. The number of aromatic nitrogens is 2. The van der Waals surface area contributed by atoms with Gasteiger partial charge in [0.05, 0.1) is 46.2 Å². The average Bonchev–Trinajstić information content (AvgIpc) is 3.41. The van der Waals surface area contributed by atoms with Gasteiger partial charge in [0, 0.05) is 18.5 Å². The number of carbonyl (C=O) groups excluding carboxylic acids is 2. The minimum Gasteiger partial charge on any atom is -0.376 e. The van der Waals surface area contributed by atoms with Crippen LogP contribution in [0.4, 0.5) is 17.2 Å².